The van der Waals surface area contributed by atoms with Gasteiger partial charge in [-0.3, -0.25) is 9.58 Å². The van der Waals surface area contributed by atoms with Crippen molar-refractivity contribution in [3.63, 3.8) is 0 Å². The Labute approximate surface area is 216 Å². The second-order valence-electron chi connectivity index (χ2n) is 9.95. The summed E-state index contributed by atoms with van der Waals surface area (Å²) in [4.78, 5) is 7.07. The minimum atomic E-state index is -2.38. The first kappa shape index (κ1) is 25.1. The average Bonchev–Trinajstić information content (AvgIpc) is 3.28. The van der Waals surface area contributed by atoms with Crippen LogP contribution in [0.1, 0.15) is 48.9 Å². The van der Waals surface area contributed by atoms with Crippen LogP contribution in [0.3, 0.4) is 0 Å². The molecule has 2 aromatic heterocycles. The molecular formula is C30H33F2N5. The molecule has 192 valence electrons. The summed E-state index contributed by atoms with van der Waals surface area (Å²) < 4.78 is 28.0. The van der Waals surface area contributed by atoms with E-state index in [1.807, 2.05) is 42.3 Å². The van der Waals surface area contributed by atoms with Crippen molar-refractivity contribution >= 4 is 22.3 Å². The standard InChI is InChI=1S/C30H33F2N5/c1-20(30(31)32)22-7-9-23(10-8-22)21(2)35-29-16-26-15-24(11-12-25(26)17-33-29)27-18-34-36(3)28(27)19-37-13-5-4-6-14-37/h7-12,15-18,20,30H,2,4-6,13-14,19H2,1,3H3,(H,33,35). The van der Waals surface area contributed by atoms with Crippen LogP contribution in [0.4, 0.5) is 14.6 Å². The summed E-state index contributed by atoms with van der Waals surface area (Å²) in [5.41, 5.74) is 5.62. The summed E-state index contributed by atoms with van der Waals surface area (Å²) in [6, 6.07) is 15.5. The van der Waals surface area contributed by atoms with Gasteiger partial charge in [-0.15, -0.1) is 0 Å². The van der Waals surface area contributed by atoms with Crippen molar-refractivity contribution in [2.75, 3.05) is 18.4 Å². The van der Waals surface area contributed by atoms with E-state index in [1.165, 1.54) is 31.9 Å². The molecule has 4 aromatic rings. The number of likely N-dealkylation sites (tertiary alicyclic amines) is 1. The van der Waals surface area contributed by atoms with Crippen LogP contribution in [0.5, 0.6) is 0 Å². The molecule has 0 radical (unpaired) electrons. The first-order valence-corrected chi connectivity index (χ1v) is 12.9. The van der Waals surface area contributed by atoms with Gasteiger partial charge in [-0.05, 0) is 60.1 Å². The number of hydrogen-bond acceptors (Lipinski definition) is 4. The summed E-state index contributed by atoms with van der Waals surface area (Å²) in [5.74, 6) is -0.119. The number of aromatic nitrogens is 3. The molecule has 0 aliphatic carbocycles. The Balaban J connectivity index is 1.36. The number of pyridine rings is 1. The third-order valence-electron chi connectivity index (χ3n) is 7.36. The van der Waals surface area contributed by atoms with Crippen molar-refractivity contribution in [3.05, 3.63) is 84.3 Å². The normalized spacial score (nSPS) is 15.3. The minimum Gasteiger partial charge on any atom is -0.340 e. The van der Waals surface area contributed by atoms with Crippen LogP contribution in [0.2, 0.25) is 0 Å². The average molecular weight is 502 g/mol. The van der Waals surface area contributed by atoms with Gasteiger partial charge in [0.2, 0.25) is 6.43 Å². The van der Waals surface area contributed by atoms with E-state index in [1.54, 1.807) is 12.1 Å². The Bertz CT molecular complexity index is 1390. The number of rotatable bonds is 8. The van der Waals surface area contributed by atoms with Crippen molar-refractivity contribution < 1.29 is 8.78 Å². The molecular weight excluding hydrogens is 468 g/mol. The molecule has 37 heavy (non-hydrogen) atoms. The first-order chi connectivity index (χ1) is 17.9. The van der Waals surface area contributed by atoms with Gasteiger partial charge in [0.05, 0.1) is 11.9 Å². The van der Waals surface area contributed by atoms with Crippen molar-refractivity contribution in [2.24, 2.45) is 7.05 Å². The van der Waals surface area contributed by atoms with Crippen molar-refractivity contribution in [3.8, 4) is 11.1 Å². The lowest BCUT2D eigenvalue weighted by Gasteiger charge is -2.26. The molecule has 1 N–H and O–H groups in total. The molecule has 0 bridgehead atoms. The Hall–Kier alpha value is -3.58. The van der Waals surface area contributed by atoms with E-state index in [-0.39, 0.29) is 0 Å². The predicted molar refractivity (Wildman–Crippen MR) is 147 cm³/mol. The number of piperidine rings is 1. The lowest BCUT2D eigenvalue weighted by Crippen LogP contribution is -2.30. The van der Waals surface area contributed by atoms with E-state index in [2.05, 4.69) is 45.1 Å². The van der Waals surface area contributed by atoms with E-state index in [4.69, 9.17) is 0 Å². The zero-order valence-corrected chi connectivity index (χ0v) is 21.4. The molecule has 1 fully saturated rings. The minimum absolute atomic E-state index is 0.609. The lowest BCUT2D eigenvalue weighted by molar-refractivity contribution is 0.121. The van der Waals surface area contributed by atoms with Crippen molar-refractivity contribution in [1.82, 2.24) is 19.7 Å². The Morgan fingerprint density at radius 1 is 1.00 bits per heavy atom. The van der Waals surface area contributed by atoms with E-state index >= 15 is 0 Å². The highest BCUT2D eigenvalue weighted by atomic mass is 19.3. The third-order valence-corrected chi connectivity index (χ3v) is 7.36. The number of hydrogen-bond donors (Lipinski definition) is 1. The molecule has 1 saturated heterocycles. The maximum absolute atomic E-state index is 13.0. The molecule has 1 aliphatic heterocycles. The van der Waals surface area contributed by atoms with Crippen LogP contribution in [0.25, 0.3) is 27.6 Å². The van der Waals surface area contributed by atoms with Gasteiger partial charge in [-0.25, -0.2) is 13.8 Å². The van der Waals surface area contributed by atoms with Crippen molar-refractivity contribution in [2.45, 2.75) is 45.1 Å². The third kappa shape index (κ3) is 5.57. The monoisotopic (exact) mass is 501 g/mol. The van der Waals surface area contributed by atoms with Gasteiger partial charge < -0.3 is 5.32 Å². The molecule has 3 heterocycles. The number of anilines is 1. The molecule has 5 rings (SSSR count). The van der Waals surface area contributed by atoms with Gasteiger partial charge in [-0.1, -0.05) is 56.3 Å². The molecule has 1 unspecified atom stereocenters. The number of alkyl halides is 2. The largest absolute Gasteiger partial charge is 0.340 e. The van der Waals surface area contributed by atoms with Gasteiger partial charge in [0.1, 0.15) is 5.82 Å². The highest BCUT2D eigenvalue weighted by molar-refractivity contribution is 5.89. The molecule has 1 aliphatic rings. The summed E-state index contributed by atoms with van der Waals surface area (Å²) in [5, 5.41) is 9.96. The van der Waals surface area contributed by atoms with Crippen LogP contribution < -0.4 is 5.32 Å². The molecule has 7 heteroatoms. The van der Waals surface area contributed by atoms with Gasteiger partial charge in [0.25, 0.3) is 0 Å². The number of nitrogens with zero attached hydrogens (tertiary/aromatic N) is 4. The SMILES string of the molecule is C=C(Nc1cc2cc(-c3cnn(C)c3CN3CCCCC3)ccc2cn1)c1ccc(C(C)C(F)F)cc1. The predicted octanol–water partition coefficient (Wildman–Crippen LogP) is 7.07. The second-order valence-corrected chi connectivity index (χ2v) is 9.95. The molecule has 0 amide bonds. The van der Waals surface area contributed by atoms with E-state index in [0.29, 0.717) is 17.1 Å². The second kappa shape index (κ2) is 10.8. The van der Waals surface area contributed by atoms with Crippen LogP contribution in [-0.4, -0.2) is 39.2 Å². The fourth-order valence-corrected chi connectivity index (χ4v) is 4.96. The molecule has 2 aromatic carbocycles. The number of benzene rings is 2. The fraction of sp³-hybridized carbons (Fsp3) is 0.333. The summed E-state index contributed by atoms with van der Waals surface area (Å²) in [6.45, 7) is 8.84. The van der Waals surface area contributed by atoms with Gasteiger partial charge in [-0.2, -0.15) is 5.10 Å². The van der Waals surface area contributed by atoms with E-state index in [0.717, 1.165) is 47.1 Å². The van der Waals surface area contributed by atoms with Gasteiger partial charge >= 0.3 is 0 Å². The number of nitrogens with one attached hydrogen (secondary N) is 1. The fourth-order valence-electron chi connectivity index (χ4n) is 4.96. The van der Waals surface area contributed by atoms with E-state index in [9.17, 15) is 8.78 Å². The zero-order chi connectivity index (χ0) is 25.9. The van der Waals surface area contributed by atoms with Crippen LogP contribution in [-0.2, 0) is 13.6 Å². The molecule has 5 nitrogen and oxygen atoms in total. The number of aryl methyl sites for hydroxylation is 1. The summed E-state index contributed by atoms with van der Waals surface area (Å²) in [7, 11) is 2.02. The quantitative estimate of drug-likeness (QED) is 0.280. The highest BCUT2D eigenvalue weighted by Gasteiger charge is 2.18. The zero-order valence-electron chi connectivity index (χ0n) is 21.4. The highest BCUT2D eigenvalue weighted by Crippen LogP contribution is 2.30. The Kier molecular flexibility index (Phi) is 7.33. The van der Waals surface area contributed by atoms with Gasteiger partial charge in [0.15, 0.2) is 0 Å². The Morgan fingerprint density at radius 3 is 2.49 bits per heavy atom. The van der Waals surface area contributed by atoms with Crippen LogP contribution in [0, 0.1) is 0 Å². The number of fused-ring (bicyclic) bond motifs is 1. The van der Waals surface area contributed by atoms with Gasteiger partial charge in [0, 0.05) is 42.4 Å². The molecule has 0 spiro atoms. The molecule has 1 atom stereocenters. The lowest BCUT2D eigenvalue weighted by atomic mass is 9.99. The molecule has 0 saturated carbocycles. The van der Waals surface area contributed by atoms with Crippen molar-refractivity contribution in [1.29, 1.82) is 0 Å². The first-order valence-electron chi connectivity index (χ1n) is 12.9. The topological polar surface area (TPSA) is 46.0 Å². The van der Waals surface area contributed by atoms with E-state index < -0.39 is 12.3 Å². The summed E-state index contributed by atoms with van der Waals surface area (Å²) in [6.07, 6.45) is 5.26. The summed E-state index contributed by atoms with van der Waals surface area (Å²) >= 11 is 0. The number of halogens is 2. The van der Waals surface area contributed by atoms with Crippen LogP contribution >= 0.6 is 0 Å². The van der Waals surface area contributed by atoms with Crippen LogP contribution in [0.15, 0.2) is 67.5 Å². The Morgan fingerprint density at radius 2 is 1.76 bits per heavy atom. The maximum Gasteiger partial charge on any atom is 0.245 e. The smallest absolute Gasteiger partial charge is 0.245 e. The maximum atomic E-state index is 13.0.